The zero-order valence-electron chi connectivity index (χ0n) is 17.7. The number of amides is 1. The number of benzene rings is 2. The Morgan fingerprint density at radius 1 is 1.22 bits per heavy atom. The summed E-state index contributed by atoms with van der Waals surface area (Å²) in [5.74, 6) is -0.455. The normalized spacial score (nSPS) is 19.0. The van der Waals surface area contributed by atoms with Crippen molar-refractivity contribution in [3.8, 4) is 0 Å². The van der Waals surface area contributed by atoms with Crippen molar-refractivity contribution in [2.75, 3.05) is 43.9 Å². The fraction of sp³-hybridized carbons (Fsp3) is 0.261. The number of nitrogens with one attached hydrogen (secondary N) is 3. The maximum Gasteiger partial charge on any atom is 0.253 e. The summed E-state index contributed by atoms with van der Waals surface area (Å²) >= 11 is 0. The third-order valence-electron chi connectivity index (χ3n) is 5.65. The van der Waals surface area contributed by atoms with E-state index >= 15 is 0 Å². The van der Waals surface area contributed by atoms with E-state index in [-0.39, 0.29) is 17.3 Å². The second kappa shape index (κ2) is 9.29. The number of hydrogen-bond donors (Lipinski definition) is 4. The molecule has 0 saturated carbocycles. The lowest BCUT2D eigenvalue weighted by atomic mass is 10.0. The molecule has 0 spiro atoms. The fourth-order valence-corrected chi connectivity index (χ4v) is 3.72. The Morgan fingerprint density at radius 2 is 1.94 bits per heavy atom. The van der Waals surface area contributed by atoms with Crippen LogP contribution in [-0.2, 0) is 0 Å². The van der Waals surface area contributed by atoms with E-state index in [9.17, 15) is 14.3 Å². The number of carbonyl (C=O) groups excluding carboxylic acids is 1. The lowest BCUT2D eigenvalue weighted by Crippen LogP contribution is -2.47. The van der Waals surface area contributed by atoms with Crippen LogP contribution in [0.4, 0.5) is 15.8 Å². The van der Waals surface area contributed by atoms with E-state index in [1.165, 1.54) is 12.3 Å². The van der Waals surface area contributed by atoms with Crippen LogP contribution >= 0.6 is 0 Å². The maximum atomic E-state index is 13.9. The minimum Gasteiger partial charge on any atom is -0.369 e. The highest BCUT2D eigenvalue weighted by atomic mass is 19.1. The van der Waals surface area contributed by atoms with Gasteiger partial charge in [-0.1, -0.05) is 12.1 Å². The largest absolute Gasteiger partial charge is 0.369 e. The number of anilines is 2. The molecule has 1 amide bonds. The number of carbonyl (C=O) groups is 1. The number of fused-ring (bicyclic) bond motifs is 1. The van der Waals surface area contributed by atoms with Crippen LogP contribution < -0.4 is 10.6 Å². The zero-order chi connectivity index (χ0) is 22.7. The monoisotopic (exact) mass is 436 g/mol. The van der Waals surface area contributed by atoms with Crippen molar-refractivity contribution >= 4 is 23.4 Å². The van der Waals surface area contributed by atoms with Gasteiger partial charge in [0.05, 0.1) is 5.69 Å². The first kappa shape index (κ1) is 21.7. The van der Waals surface area contributed by atoms with Gasteiger partial charge in [-0.05, 0) is 43.5 Å². The summed E-state index contributed by atoms with van der Waals surface area (Å²) in [6.45, 7) is 3.16. The summed E-state index contributed by atoms with van der Waals surface area (Å²) in [5, 5.41) is 19.6. The third kappa shape index (κ3) is 4.53. The summed E-state index contributed by atoms with van der Waals surface area (Å²) < 4.78 is 13.9. The quantitative estimate of drug-likeness (QED) is 0.539. The second-order valence-electron chi connectivity index (χ2n) is 7.81. The highest BCUT2D eigenvalue weighted by Gasteiger charge is 2.24. The van der Waals surface area contributed by atoms with Crippen LogP contribution in [0.5, 0.6) is 0 Å². The summed E-state index contributed by atoms with van der Waals surface area (Å²) in [6.07, 6.45) is 1.89. The molecule has 166 valence electrons. The molecule has 2 aromatic rings. The van der Waals surface area contributed by atoms with E-state index in [4.69, 9.17) is 5.53 Å². The van der Waals surface area contributed by atoms with Gasteiger partial charge in [0.1, 0.15) is 11.5 Å². The van der Waals surface area contributed by atoms with Crippen molar-refractivity contribution in [2.24, 2.45) is 5.11 Å². The molecule has 1 fully saturated rings. The van der Waals surface area contributed by atoms with Crippen molar-refractivity contribution in [3.63, 3.8) is 0 Å². The van der Waals surface area contributed by atoms with Crippen LogP contribution in [0.2, 0.25) is 0 Å². The van der Waals surface area contributed by atoms with Crippen molar-refractivity contribution in [2.45, 2.75) is 6.23 Å². The Kier molecular flexibility index (Phi) is 6.29. The number of aliphatic hydroxyl groups excluding tert-OH is 1. The number of rotatable bonds is 5. The highest BCUT2D eigenvalue weighted by molar-refractivity contribution is 5.94. The highest BCUT2D eigenvalue weighted by Crippen LogP contribution is 2.32. The summed E-state index contributed by atoms with van der Waals surface area (Å²) in [5.41, 5.74) is 10.1. The van der Waals surface area contributed by atoms with Gasteiger partial charge < -0.3 is 25.5 Å². The Hall–Kier alpha value is -3.56. The Balaban J connectivity index is 1.47. The Labute approximate surface area is 185 Å². The molecule has 2 aromatic carbocycles. The average molecular weight is 436 g/mol. The lowest BCUT2D eigenvalue weighted by molar-refractivity contribution is 0.0664. The van der Waals surface area contributed by atoms with E-state index in [1.54, 1.807) is 42.5 Å². The first-order valence-electron chi connectivity index (χ1n) is 10.3. The predicted molar refractivity (Wildman–Crippen MR) is 121 cm³/mol. The molecule has 9 heteroatoms. The van der Waals surface area contributed by atoms with E-state index in [0.29, 0.717) is 35.5 Å². The molecule has 0 aliphatic carbocycles. The summed E-state index contributed by atoms with van der Waals surface area (Å²) in [4.78, 5) is 16.7. The topological polar surface area (TPSA) is 104 Å². The van der Waals surface area contributed by atoms with E-state index in [2.05, 4.69) is 20.6 Å². The number of aliphatic hydroxyl groups is 1. The van der Waals surface area contributed by atoms with Gasteiger partial charge in [0, 0.05) is 54.8 Å². The molecule has 2 aliphatic heterocycles. The van der Waals surface area contributed by atoms with E-state index in [1.807, 2.05) is 11.9 Å². The molecule has 0 bridgehead atoms. The molecule has 1 saturated heterocycles. The molecule has 0 radical (unpaired) electrons. The number of likely N-dealkylation sites (N-methyl/N-ethyl adjacent to an activating group) is 1. The van der Waals surface area contributed by atoms with Crippen molar-refractivity contribution in [3.05, 3.63) is 76.9 Å². The van der Waals surface area contributed by atoms with Gasteiger partial charge in [-0.2, -0.15) is 5.11 Å². The van der Waals surface area contributed by atoms with Crippen LogP contribution in [0.1, 0.15) is 15.9 Å². The zero-order valence-corrected chi connectivity index (χ0v) is 17.7. The van der Waals surface area contributed by atoms with Gasteiger partial charge in [-0.3, -0.25) is 4.79 Å². The Bertz CT molecular complexity index is 1070. The fourth-order valence-electron chi connectivity index (χ4n) is 3.72. The van der Waals surface area contributed by atoms with Gasteiger partial charge >= 0.3 is 0 Å². The molecule has 0 aromatic heterocycles. The van der Waals surface area contributed by atoms with Gasteiger partial charge in [0.25, 0.3) is 5.91 Å². The predicted octanol–water partition coefficient (Wildman–Crippen LogP) is 3.33. The SMILES string of the molecule is CN1CCN(C(=O)c2ccc(N/C=C(\N=N)C3=Cc4cccc(F)c4NC3O)cc2)CC1. The van der Waals surface area contributed by atoms with Gasteiger partial charge in [-0.15, -0.1) is 0 Å². The third-order valence-corrected chi connectivity index (χ3v) is 5.65. The Morgan fingerprint density at radius 3 is 2.62 bits per heavy atom. The van der Waals surface area contributed by atoms with E-state index < -0.39 is 12.0 Å². The molecule has 8 nitrogen and oxygen atoms in total. The number of halogens is 1. The standard InChI is InChI=1S/C23H25FN6O2/c1-29-9-11-30(12-10-29)23(32)15-5-7-17(8-6-15)26-14-20(28-25)18-13-16-3-2-4-19(24)21(16)27-22(18)31/h2-8,13-14,22,25-27,31H,9-12H2,1H3/b20-14-,28-25?. The van der Waals surface area contributed by atoms with Gasteiger partial charge in [0.15, 0.2) is 6.23 Å². The average Bonchev–Trinajstić information content (AvgIpc) is 2.81. The van der Waals surface area contributed by atoms with Crippen molar-refractivity contribution in [1.29, 1.82) is 5.53 Å². The van der Waals surface area contributed by atoms with Crippen LogP contribution in [0.3, 0.4) is 0 Å². The van der Waals surface area contributed by atoms with Crippen molar-refractivity contribution < 1.29 is 14.3 Å². The summed E-state index contributed by atoms with van der Waals surface area (Å²) in [7, 11) is 2.04. The second-order valence-corrected chi connectivity index (χ2v) is 7.81. The number of piperazine rings is 1. The van der Waals surface area contributed by atoms with Crippen LogP contribution in [0.15, 0.2) is 65.0 Å². The maximum absolute atomic E-state index is 13.9. The molecule has 32 heavy (non-hydrogen) atoms. The smallest absolute Gasteiger partial charge is 0.253 e. The first-order valence-corrected chi connectivity index (χ1v) is 10.3. The van der Waals surface area contributed by atoms with Crippen LogP contribution in [0, 0.1) is 11.3 Å². The van der Waals surface area contributed by atoms with Crippen molar-refractivity contribution in [1.82, 2.24) is 9.80 Å². The number of nitrogens with zero attached hydrogens (tertiary/aromatic N) is 3. The number of hydrogen-bond acceptors (Lipinski definition) is 7. The molecular formula is C23H25FN6O2. The lowest BCUT2D eigenvalue weighted by Gasteiger charge is -2.32. The minimum absolute atomic E-state index is 0.00879. The molecule has 2 aliphatic rings. The van der Waals surface area contributed by atoms with Crippen LogP contribution in [0.25, 0.3) is 6.08 Å². The number of para-hydroxylation sites is 1. The molecule has 2 heterocycles. The van der Waals surface area contributed by atoms with Gasteiger partial charge in [0.2, 0.25) is 0 Å². The molecule has 1 unspecified atom stereocenters. The first-order chi connectivity index (χ1) is 15.5. The molecular weight excluding hydrogens is 411 g/mol. The van der Waals surface area contributed by atoms with Gasteiger partial charge in [-0.25, -0.2) is 9.92 Å². The molecule has 4 rings (SSSR count). The van der Waals surface area contributed by atoms with E-state index in [0.717, 1.165) is 13.1 Å². The van der Waals surface area contributed by atoms with Crippen LogP contribution in [-0.4, -0.2) is 60.3 Å². The summed E-state index contributed by atoms with van der Waals surface area (Å²) in [6, 6.07) is 11.6. The molecule has 1 atom stereocenters. The molecule has 4 N–H and O–H groups in total. The minimum atomic E-state index is -1.20.